The van der Waals surface area contributed by atoms with Crippen LogP contribution in [-0.2, 0) is 13.1 Å². The van der Waals surface area contributed by atoms with Gasteiger partial charge in [-0.05, 0) is 74.2 Å². The third-order valence-corrected chi connectivity index (χ3v) is 6.68. The minimum Gasteiger partial charge on any atom is -0.493 e. The van der Waals surface area contributed by atoms with Gasteiger partial charge in [-0.15, -0.1) is 0 Å². The van der Waals surface area contributed by atoms with Gasteiger partial charge in [0.2, 0.25) is 0 Å². The van der Waals surface area contributed by atoms with Crippen LogP contribution >= 0.6 is 11.6 Å². The van der Waals surface area contributed by atoms with E-state index in [0.717, 1.165) is 48.7 Å². The summed E-state index contributed by atoms with van der Waals surface area (Å²) in [6.07, 6.45) is 5.90. The Kier molecular flexibility index (Phi) is 8.55. The van der Waals surface area contributed by atoms with E-state index in [1.807, 2.05) is 54.2 Å². The van der Waals surface area contributed by atoms with Crippen molar-refractivity contribution in [2.24, 2.45) is 0 Å². The molecule has 1 aliphatic rings. The fourth-order valence-corrected chi connectivity index (χ4v) is 4.51. The molecule has 1 aromatic heterocycles. The van der Waals surface area contributed by atoms with Crippen LogP contribution in [0.1, 0.15) is 30.4 Å². The molecule has 1 unspecified atom stereocenters. The average Bonchev–Trinajstić information content (AvgIpc) is 3.30. The summed E-state index contributed by atoms with van der Waals surface area (Å²) in [6, 6.07) is 13.6. The highest BCUT2D eigenvalue weighted by atomic mass is 35.5. The summed E-state index contributed by atoms with van der Waals surface area (Å²) in [4.78, 5) is 2.37. The number of benzene rings is 2. The summed E-state index contributed by atoms with van der Waals surface area (Å²) in [5, 5.41) is 15.9. The smallest absolute Gasteiger partial charge is 0.161 e. The van der Waals surface area contributed by atoms with Crippen LogP contribution in [0.3, 0.4) is 0 Å². The molecule has 1 saturated heterocycles. The summed E-state index contributed by atoms with van der Waals surface area (Å²) >= 11 is 6.25. The fraction of sp³-hybridized carbons (Fsp3) is 0.444. The Morgan fingerprint density at radius 2 is 1.94 bits per heavy atom. The van der Waals surface area contributed by atoms with Gasteiger partial charge in [-0.3, -0.25) is 9.58 Å². The van der Waals surface area contributed by atoms with E-state index in [-0.39, 0.29) is 6.61 Å². The second-order valence-electron chi connectivity index (χ2n) is 9.18. The van der Waals surface area contributed by atoms with Gasteiger partial charge in [0, 0.05) is 25.5 Å². The van der Waals surface area contributed by atoms with E-state index in [1.165, 1.54) is 0 Å². The first kappa shape index (κ1) is 25.4. The Bertz CT molecular complexity index is 1090. The predicted octanol–water partition coefficient (Wildman–Crippen LogP) is 4.73. The molecule has 0 bridgehead atoms. The Labute approximate surface area is 212 Å². The summed E-state index contributed by atoms with van der Waals surface area (Å²) in [5.41, 5.74) is 1.36. The zero-order valence-electron chi connectivity index (χ0n) is 20.5. The Morgan fingerprint density at radius 1 is 1.06 bits per heavy atom. The van der Waals surface area contributed by atoms with Gasteiger partial charge in [0.15, 0.2) is 11.5 Å². The van der Waals surface area contributed by atoms with Gasteiger partial charge in [-0.25, -0.2) is 0 Å². The van der Waals surface area contributed by atoms with Crippen molar-refractivity contribution in [3.63, 3.8) is 0 Å². The van der Waals surface area contributed by atoms with E-state index in [4.69, 9.17) is 25.8 Å². The number of nitrogens with zero attached hydrogens (tertiary/aromatic N) is 3. The van der Waals surface area contributed by atoms with E-state index in [0.29, 0.717) is 36.8 Å². The SMILES string of the molecule is COc1cc(CN2CCCC(O)(COc3cc(C)ccc3Cl)CC2)ccc1OCCn1cccn1. The number of aromatic nitrogens is 2. The highest BCUT2D eigenvalue weighted by Gasteiger charge is 2.31. The molecule has 0 spiro atoms. The first-order chi connectivity index (χ1) is 16.9. The number of methoxy groups -OCH3 is 1. The molecule has 35 heavy (non-hydrogen) atoms. The molecule has 4 rings (SSSR count). The van der Waals surface area contributed by atoms with Crippen LogP contribution < -0.4 is 14.2 Å². The number of halogens is 1. The maximum atomic E-state index is 11.2. The largest absolute Gasteiger partial charge is 0.493 e. The molecule has 0 radical (unpaired) electrons. The van der Waals surface area contributed by atoms with E-state index in [2.05, 4.69) is 16.1 Å². The Morgan fingerprint density at radius 3 is 2.74 bits per heavy atom. The van der Waals surface area contributed by atoms with Crippen molar-refractivity contribution in [1.82, 2.24) is 14.7 Å². The van der Waals surface area contributed by atoms with Crippen LogP contribution in [0.25, 0.3) is 0 Å². The van der Waals surface area contributed by atoms with Gasteiger partial charge < -0.3 is 19.3 Å². The number of likely N-dealkylation sites (tertiary alicyclic amines) is 1. The predicted molar refractivity (Wildman–Crippen MR) is 136 cm³/mol. The monoisotopic (exact) mass is 499 g/mol. The Balaban J connectivity index is 1.30. The molecule has 0 amide bonds. The molecule has 2 aromatic carbocycles. The third kappa shape index (κ3) is 7.13. The Hall–Kier alpha value is -2.74. The lowest BCUT2D eigenvalue weighted by Crippen LogP contribution is -2.37. The molecule has 7 nitrogen and oxygen atoms in total. The minimum absolute atomic E-state index is 0.238. The van der Waals surface area contributed by atoms with Crippen molar-refractivity contribution < 1.29 is 19.3 Å². The van der Waals surface area contributed by atoms with Gasteiger partial charge in [0.25, 0.3) is 0 Å². The van der Waals surface area contributed by atoms with Crippen molar-refractivity contribution in [2.45, 2.75) is 44.9 Å². The maximum absolute atomic E-state index is 11.2. The van der Waals surface area contributed by atoms with Gasteiger partial charge >= 0.3 is 0 Å². The topological polar surface area (TPSA) is 69.0 Å². The second kappa shape index (κ2) is 11.8. The van der Waals surface area contributed by atoms with E-state index >= 15 is 0 Å². The second-order valence-corrected chi connectivity index (χ2v) is 9.59. The number of hydrogen-bond acceptors (Lipinski definition) is 6. The molecule has 1 aliphatic heterocycles. The third-order valence-electron chi connectivity index (χ3n) is 6.36. The number of aliphatic hydroxyl groups is 1. The van der Waals surface area contributed by atoms with Crippen LogP contribution in [0, 0.1) is 6.92 Å². The summed E-state index contributed by atoms with van der Waals surface area (Å²) in [6.45, 7) is 5.90. The van der Waals surface area contributed by atoms with Crippen LogP contribution in [0.15, 0.2) is 54.9 Å². The zero-order chi connectivity index (χ0) is 24.7. The lowest BCUT2D eigenvalue weighted by molar-refractivity contribution is -0.0168. The molecule has 3 aromatic rings. The quantitative estimate of drug-likeness (QED) is 0.435. The van der Waals surface area contributed by atoms with Crippen molar-refractivity contribution in [1.29, 1.82) is 0 Å². The lowest BCUT2D eigenvalue weighted by Gasteiger charge is -2.27. The number of hydrogen-bond donors (Lipinski definition) is 1. The van der Waals surface area contributed by atoms with Crippen LogP contribution in [-0.4, -0.2) is 58.8 Å². The standard InChI is InChI=1S/C27H34ClN3O4/c1-21-5-7-23(28)25(17-21)35-20-27(32)9-3-12-30(14-10-27)19-22-6-8-24(26(18-22)33-2)34-16-15-31-13-4-11-29-31/h4-8,11,13,17-18,32H,3,9-10,12,14-16,19-20H2,1-2H3. The normalized spacial score (nSPS) is 18.7. The minimum atomic E-state index is -0.869. The fourth-order valence-electron chi connectivity index (χ4n) is 4.34. The van der Waals surface area contributed by atoms with Crippen molar-refractivity contribution in [2.75, 3.05) is 33.4 Å². The molecule has 0 aliphatic carbocycles. The van der Waals surface area contributed by atoms with Gasteiger partial charge in [0.1, 0.15) is 19.0 Å². The van der Waals surface area contributed by atoms with Gasteiger partial charge in [-0.2, -0.15) is 5.10 Å². The summed E-state index contributed by atoms with van der Waals surface area (Å²) in [5.74, 6) is 2.07. The average molecular weight is 500 g/mol. The van der Waals surface area contributed by atoms with Crippen LogP contribution in [0.2, 0.25) is 5.02 Å². The van der Waals surface area contributed by atoms with E-state index < -0.39 is 5.60 Å². The lowest BCUT2D eigenvalue weighted by atomic mass is 9.96. The number of rotatable bonds is 10. The molecule has 2 heterocycles. The number of aryl methyl sites for hydroxylation is 1. The van der Waals surface area contributed by atoms with Crippen molar-refractivity contribution in [3.8, 4) is 17.2 Å². The van der Waals surface area contributed by atoms with Gasteiger partial charge in [-0.1, -0.05) is 23.7 Å². The number of ether oxygens (including phenoxy) is 3. The molecule has 1 N–H and O–H groups in total. The molecule has 0 saturated carbocycles. The molecular formula is C27H34ClN3O4. The maximum Gasteiger partial charge on any atom is 0.161 e. The highest BCUT2D eigenvalue weighted by Crippen LogP contribution is 2.31. The van der Waals surface area contributed by atoms with Crippen molar-refractivity contribution >= 4 is 11.6 Å². The first-order valence-corrected chi connectivity index (χ1v) is 12.4. The zero-order valence-corrected chi connectivity index (χ0v) is 21.2. The first-order valence-electron chi connectivity index (χ1n) is 12.0. The molecule has 8 heteroatoms. The highest BCUT2D eigenvalue weighted by molar-refractivity contribution is 6.32. The van der Waals surface area contributed by atoms with E-state index in [9.17, 15) is 5.11 Å². The molecular weight excluding hydrogens is 466 g/mol. The van der Waals surface area contributed by atoms with Crippen LogP contribution in [0.4, 0.5) is 0 Å². The van der Waals surface area contributed by atoms with E-state index in [1.54, 1.807) is 13.3 Å². The molecule has 188 valence electrons. The molecule has 1 atom stereocenters. The molecule has 1 fully saturated rings. The van der Waals surface area contributed by atoms with Crippen LogP contribution in [0.5, 0.6) is 17.2 Å². The summed E-state index contributed by atoms with van der Waals surface area (Å²) < 4.78 is 19.3. The van der Waals surface area contributed by atoms with Gasteiger partial charge in [0.05, 0.1) is 24.3 Å². The summed E-state index contributed by atoms with van der Waals surface area (Å²) in [7, 11) is 1.66. The van der Waals surface area contributed by atoms with Crippen molar-refractivity contribution in [3.05, 3.63) is 71.0 Å².